The summed E-state index contributed by atoms with van der Waals surface area (Å²) in [6, 6.07) is 9.97. The molecule has 0 fully saturated rings. The molecule has 4 nitrogen and oxygen atoms in total. The molecule has 0 aliphatic rings. The lowest BCUT2D eigenvalue weighted by Gasteiger charge is -2.09. The fraction of sp³-hybridized carbons (Fsp3) is 0.286. The van der Waals surface area contributed by atoms with Crippen LogP contribution in [0.2, 0.25) is 0 Å². The van der Waals surface area contributed by atoms with Crippen molar-refractivity contribution in [2.24, 2.45) is 0 Å². The third-order valence-electron chi connectivity index (χ3n) is 2.78. The molecule has 2 aromatic rings. The molecule has 0 aliphatic heterocycles. The summed E-state index contributed by atoms with van der Waals surface area (Å²) in [7, 11) is 1.33. The first-order valence-electron chi connectivity index (χ1n) is 5.97. The lowest BCUT2D eigenvalue weighted by molar-refractivity contribution is -0.140. The molecule has 0 amide bonds. The van der Waals surface area contributed by atoms with E-state index in [0.717, 1.165) is 16.5 Å². The van der Waals surface area contributed by atoms with Crippen LogP contribution in [0.3, 0.4) is 0 Å². The number of benzene rings is 1. The molecule has 1 atom stereocenters. The fourth-order valence-corrected chi connectivity index (χ4v) is 1.99. The summed E-state index contributed by atoms with van der Waals surface area (Å²) in [6.45, 7) is 1.02. The van der Waals surface area contributed by atoms with Crippen molar-refractivity contribution in [1.82, 2.24) is 10.3 Å². The summed E-state index contributed by atoms with van der Waals surface area (Å²) >= 11 is 5.85. The largest absolute Gasteiger partial charge is 0.468 e. The monoisotopic (exact) mass is 278 g/mol. The number of nitrogens with zero attached hydrogens (tertiary/aromatic N) is 1. The second-order valence-electron chi connectivity index (χ2n) is 4.15. The second-order valence-corrected chi connectivity index (χ2v) is 4.68. The number of pyridine rings is 1. The molecule has 0 bridgehead atoms. The Morgan fingerprint density at radius 2 is 2.32 bits per heavy atom. The van der Waals surface area contributed by atoms with Gasteiger partial charge in [0.25, 0.3) is 0 Å². The molecule has 19 heavy (non-hydrogen) atoms. The van der Waals surface area contributed by atoms with Crippen LogP contribution in [-0.4, -0.2) is 30.0 Å². The first-order chi connectivity index (χ1) is 9.20. The predicted molar refractivity (Wildman–Crippen MR) is 75.1 cm³/mol. The molecule has 1 unspecified atom stereocenters. The molecule has 0 aliphatic carbocycles. The van der Waals surface area contributed by atoms with E-state index in [9.17, 15) is 4.79 Å². The number of carbonyl (C=O) groups excluding carboxylic acids is 1. The van der Waals surface area contributed by atoms with Crippen LogP contribution < -0.4 is 5.32 Å². The van der Waals surface area contributed by atoms with Crippen LogP contribution in [0.1, 0.15) is 5.56 Å². The van der Waals surface area contributed by atoms with Crippen molar-refractivity contribution in [3.05, 3.63) is 42.1 Å². The lowest BCUT2D eigenvalue weighted by Crippen LogP contribution is -2.29. The average molecular weight is 279 g/mol. The Morgan fingerprint density at radius 1 is 1.47 bits per heavy atom. The number of alkyl halides is 1. The van der Waals surface area contributed by atoms with Crippen molar-refractivity contribution in [3.63, 3.8) is 0 Å². The van der Waals surface area contributed by atoms with Gasteiger partial charge in [0.15, 0.2) is 0 Å². The van der Waals surface area contributed by atoms with Gasteiger partial charge in [-0.05, 0) is 23.8 Å². The number of hydrogen-bond acceptors (Lipinski definition) is 4. The number of halogens is 1. The molecule has 1 aromatic carbocycles. The predicted octanol–water partition coefficient (Wildman–Crippen LogP) is 2.10. The van der Waals surface area contributed by atoms with Gasteiger partial charge in [0.05, 0.1) is 12.6 Å². The van der Waals surface area contributed by atoms with Crippen LogP contribution in [0.4, 0.5) is 0 Å². The molecule has 2 rings (SSSR count). The summed E-state index contributed by atoms with van der Waals surface area (Å²) in [6.07, 6.45) is 1.77. The van der Waals surface area contributed by atoms with Gasteiger partial charge in [-0.15, -0.1) is 11.6 Å². The van der Waals surface area contributed by atoms with Crippen molar-refractivity contribution in [3.8, 4) is 0 Å². The molecular formula is C14H15ClN2O2. The van der Waals surface area contributed by atoms with E-state index in [4.69, 9.17) is 11.6 Å². The quantitative estimate of drug-likeness (QED) is 0.672. The zero-order valence-corrected chi connectivity index (χ0v) is 11.4. The van der Waals surface area contributed by atoms with Crippen molar-refractivity contribution in [1.29, 1.82) is 0 Å². The average Bonchev–Trinajstić information content (AvgIpc) is 2.46. The minimum atomic E-state index is -0.660. The Kier molecular flexibility index (Phi) is 4.71. The van der Waals surface area contributed by atoms with Gasteiger partial charge >= 0.3 is 5.97 Å². The van der Waals surface area contributed by atoms with Gasteiger partial charge in [0, 0.05) is 24.7 Å². The molecule has 0 spiro atoms. The van der Waals surface area contributed by atoms with E-state index >= 15 is 0 Å². The van der Waals surface area contributed by atoms with E-state index in [0.29, 0.717) is 13.1 Å². The Balaban J connectivity index is 1.93. The SMILES string of the molecule is COC(=O)C(Cl)CNCc1ccc2ncccc2c1. The summed E-state index contributed by atoms with van der Waals surface area (Å²) in [5.74, 6) is -0.420. The van der Waals surface area contributed by atoms with Gasteiger partial charge in [-0.25, -0.2) is 0 Å². The first kappa shape index (κ1) is 13.8. The highest BCUT2D eigenvalue weighted by Gasteiger charge is 2.14. The highest BCUT2D eigenvalue weighted by Crippen LogP contribution is 2.13. The fourth-order valence-electron chi connectivity index (χ4n) is 1.79. The Hall–Kier alpha value is -1.65. The van der Waals surface area contributed by atoms with Crippen molar-refractivity contribution in [2.75, 3.05) is 13.7 Å². The van der Waals surface area contributed by atoms with E-state index in [1.165, 1.54) is 7.11 Å². The van der Waals surface area contributed by atoms with Crippen LogP contribution in [0, 0.1) is 0 Å². The minimum Gasteiger partial charge on any atom is -0.468 e. The molecular weight excluding hydrogens is 264 g/mol. The second kappa shape index (κ2) is 6.50. The summed E-state index contributed by atoms with van der Waals surface area (Å²) < 4.78 is 4.55. The van der Waals surface area contributed by atoms with E-state index in [2.05, 4.69) is 21.1 Å². The van der Waals surface area contributed by atoms with Crippen LogP contribution >= 0.6 is 11.6 Å². The third-order valence-corrected chi connectivity index (χ3v) is 3.11. The molecule has 0 saturated carbocycles. The van der Waals surface area contributed by atoms with Crippen molar-refractivity contribution >= 4 is 28.5 Å². The standard InChI is InChI=1S/C14H15ClN2O2/c1-19-14(18)12(15)9-16-8-10-4-5-13-11(7-10)3-2-6-17-13/h2-7,12,16H,8-9H2,1H3. The Morgan fingerprint density at radius 3 is 3.11 bits per heavy atom. The van der Waals surface area contributed by atoms with Crippen LogP contribution in [0.5, 0.6) is 0 Å². The van der Waals surface area contributed by atoms with E-state index in [1.807, 2.05) is 24.3 Å². The van der Waals surface area contributed by atoms with Gasteiger partial charge < -0.3 is 10.1 Å². The van der Waals surface area contributed by atoms with Crippen molar-refractivity contribution in [2.45, 2.75) is 11.9 Å². The Bertz CT molecular complexity index is 574. The number of fused-ring (bicyclic) bond motifs is 1. The molecule has 1 aromatic heterocycles. The van der Waals surface area contributed by atoms with Crippen molar-refractivity contribution < 1.29 is 9.53 Å². The molecule has 1 N–H and O–H groups in total. The van der Waals surface area contributed by atoms with Gasteiger partial charge in [-0.3, -0.25) is 9.78 Å². The number of nitrogens with one attached hydrogen (secondary N) is 1. The number of esters is 1. The van der Waals surface area contributed by atoms with E-state index < -0.39 is 11.3 Å². The zero-order valence-electron chi connectivity index (χ0n) is 10.6. The number of aromatic nitrogens is 1. The topological polar surface area (TPSA) is 51.2 Å². The number of carbonyl (C=O) groups is 1. The highest BCUT2D eigenvalue weighted by molar-refractivity contribution is 6.30. The summed E-state index contributed by atoms with van der Waals surface area (Å²) in [5.41, 5.74) is 2.09. The lowest BCUT2D eigenvalue weighted by atomic mass is 10.1. The minimum absolute atomic E-state index is 0.374. The van der Waals surface area contributed by atoms with E-state index in [-0.39, 0.29) is 0 Å². The number of ether oxygens (including phenoxy) is 1. The van der Waals surface area contributed by atoms with Gasteiger partial charge in [0.1, 0.15) is 5.38 Å². The molecule has 0 saturated heterocycles. The van der Waals surface area contributed by atoms with Crippen LogP contribution in [0.25, 0.3) is 10.9 Å². The first-order valence-corrected chi connectivity index (χ1v) is 6.40. The summed E-state index contributed by atoms with van der Waals surface area (Å²) in [4.78, 5) is 15.4. The van der Waals surface area contributed by atoms with Gasteiger partial charge in [0.2, 0.25) is 0 Å². The highest BCUT2D eigenvalue weighted by atomic mass is 35.5. The van der Waals surface area contributed by atoms with Gasteiger partial charge in [-0.1, -0.05) is 12.1 Å². The maximum absolute atomic E-state index is 11.1. The van der Waals surface area contributed by atoms with Gasteiger partial charge in [-0.2, -0.15) is 0 Å². The number of methoxy groups -OCH3 is 1. The summed E-state index contributed by atoms with van der Waals surface area (Å²) in [5, 5.41) is 3.56. The molecule has 0 radical (unpaired) electrons. The van der Waals surface area contributed by atoms with E-state index in [1.54, 1.807) is 6.20 Å². The van der Waals surface area contributed by atoms with Crippen LogP contribution in [0.15, 0.2) is 36.5 Å². The molecule has 1 heterocycles. The third kappa shape index (κ3) is 3.66. The smallest absolute Gasteiger partial charge is 0.325 e. The zero-order chi connectivity index (χ0) is 13.7. The number of rotatable bonds is 5. The Labute approximate surface area is 116 Å². The maximum atomic E-state index is 11.1. The normalized spacial score (nSPS) is 12.3. The maximum Gasteiger partial charge on any atom is 0.325 e. The molecule has 5 heteroatoms. The number of hydrogen-bond donors (Lipinski definition) is 1. The molecule has 100 valence electrons. The van der Waals surface area contributed by atoms with Crippen LogP contribution in [-0.2, 0) is 16.1 Å².